The van der Waals surface area contributed by atoms with Crippen LogP contribution < -0.4 is 5.32 Å². The number of non-ortho nitro benzene ring substituents is 1. The fourth-order valence-corrected chi connectivity index (χ4v) is 3.84. The molecule has 7 heteroatoms. The monoisotopic (exact) mass is 365 g/mol. The lowest BCUT2D eigenvalue weighted by atomic mass is 9.87. The van der Waals surface area contributed by atoms with Gasteiger partial charge in [-0.2, -0.15) is 5.26 Å². The van der Waals surface area contributed by atoms with Gasteiger partial charge in [0.25, 0.3) is 5.69 Å². The number of nitrogens with zero attached hydrogens (tertiary/aromatic N) is 2. The zero-order valence-electron chi connectivity index (χ0n) is 13.7. The summed E-state index contributed by atoms with van der Waals surface area (Å²) in [5.41, 5.74) is 2.06. The minimum absolute atomic E-state index is 0.0516. The van der Waals surface area contributed by atoms with Crippen molar-refractivity contribution >= 4 is 23.4 Å². The van der Waals surface area contributed by atoms with Crippen molar-refractivity contribution in [1.82, 2.24) is 5.32 Å². The van der Waals surface area contributed by atoms with Gasteiger partial charge in [-0.1, -0.05) is 42.5 Å². The van der Waals surface area contributed by atoms with E-state index in [0.717, 1.165) is 5.56 Å². The van der Waals surface area contributed by atoms with Gasteiger partial charge in [0, 0.05) is 30.2 Å². The first-order valence-electron chi connectivity index (χ1n) is 7.93. The topological polar surface area (TPSA) is 96.0 Å². The number of benzene rings is 2. The SMILES string of the molecule is N#CC1=C(SCc2ccccc2)NC(=O)C[C@@H]1c1cccc([N+](=O)[O-])c1. The van der Waals surface area contributed by atoms with Gasteiger partial charge in [-0.25, -0.2) is 0 Å². The molecule has 1 aliphatic rings. The standard InChI is InChI=1S/C19H15N3O3S/c20-11-17-16(14-7-4-8-15(9-14)22(24)25)10-18(23)21-19(17)26-12-13-5-2-1-3-6-13/h1-9,16H,10,12H2,(H,21,23)/t16-/m1/s1. The summed E-state index contributed by atoms with van der Waals surface area (Å²) < 4.78 is 0. The van der Waals surface area contributed by atoms with Gasteiger partial charge in [0.2, 0.25) is 5.91 Å². The lowest BCUT2D eigenvalue weighted by Gasteiger charge is -2.25. The summed E-state index contributed by atoms with van der Waals surface area (Å²) in [4.78, 5) is 22.7. The molecule has 0 radical (unpaired) electrons. The quantitative estimate of drug-likeness (QED) is 0.641. The molecule has 0 spiro atoms. The zero-order chi connectivity index (χ0) is 18.5. The molecule has 2 aromatic rings. The van der Waals surface area contributed by atoms with Crippen LogP contribution in [0.5, 0.6) is 0 Å². The van der Waals surface area contributed by atoms with Crippen molar-refractivity contribution in [1.29, 1.82) is 5.26 Å². The molecule has 0 aliphatic carbocycles. The van der Waals surface area contributed by atoms with E-state index in [2.05, 4.69) is 11.4 Å². The molecule has 26 heavy (non-hydrogen) atoms. The van der Waals surface area contributed by atoms with E-state index >= 15 is 0 Å². The molecular formula is C19H15N3O3S. The molecule has 0 saturated heterocycles. The Balaban J connectivity index is 1.92. The Morgan fingerprint density at radius 2 is 2.00 bits per heavy atom. The van der Waals surface area contributed by atoms with E-state index in [9.17, 15) is 20.2 Å². The average Bonchev–Trinajstić information content (AvgIpc) is 2.66. The molecule has 0 bridgehead atoms. The first-order chi connectivity index (χ1) is 12.6. The van der Waals surface area contributed by atoms with Gasteiger partial charge < -0.3 is 5.32 Å². The molecule has 1 atom stereocenters. The molecule has 1 aliphatic heterocycles. The van der Waals surface area contributed by atoms with E-state index in [0.29, 0.717) is 21.9 Å². The van der Waals surface area contributed by atoms with Crippen LogP contribution in [0.25, 0.3) is 0 Å². The van der Waals surface area contributed by atoms with Gasteiger partial charge >= 0.3 is 0 Å². The summed E-state index contributed by atoms with van der Waals surface area (Å²) >= 11 is 1.39. The van der Waals surface area contributed by atoms with Gasteiger partial charge in [0.15, 0.2) is 0 Å². The third kappa shape index (κ3) is 3.92. The van der Waals surface area contributed by atoms with Crippen LogP contribution in [0.2, 0.25) is 0 Å². The number of nitrogens with one attached hydrogen (secondary N) is 1. The Bertz CT molecular complexity index is 919. The molecule has 2 aromatic carbocycles. The predicted octanol–water partition coefficient (Wildman–Crippen LogP) is 3.87. The number of nitro benzene ring substituents is 1. The van der Waals surface area contributed by atoms with Gasteiger partial charge in [-0.15, -0.1) is 11.8 Å². The van der Waals surface area contributed by atoms with Gasteiger partial charge in [0.05, 0.1) is 21.6 Å². The Morgan fingerprint density at radius 3 is 2.69 bits per heavy atom. The van der Waals surface area contributed by atoms with Crippen LogP contribution in [0.3, 0.4) is 0 Å². The molecule has 130 valence electrons. The van der Waals surface area contributed by atoms with Crippen molar-refractivity contribution in [3.63, 3.8) is 0 Å². The molecule has 1 N–H and O–H groups in total. The van der Waals surface area contributed by atoms with Crippen LogP contribution in [0.1, 0.15) is 23.5 Å². The summed E-state index contributed by atoms with van der Waals surface area (Å²) in [7, 11) is 0. The van der Waals surface area contributed by atoms with Gasteiger partial charge in [0.1, 0.15) is 0 Å². The molecule has 1 amide bonds. The summed E-state index contributed by atoms with van der Waals surface area (Å²) in [6, 6.07) is 18.0. The Kier molecular flexibility index (Phi) is 5.34. The molecule has 6 nitrogen and oxygen atoms in total. The van der Waals surface area contributed by atoms with Crippen molar-refractivity contribution in [2.24, 2.45) is 0 Å². The Labute approximate surface area is 154 Å². The molecule has 0 unspecified atom stereocenters. The van der Waals surface area contributed by atoms with E-state index in [-0.39, 0.29) is 18.0 Å². The number of allylic oxidation sites excluding steroid dienone is 1. The molecule has 3 rings (SSSR count). The summed E-state index contributed by atoms with van der Waals surface area (Å²) in [6.45, 7) is 0. The van der Waals surface area contributed by atoms with Crippen LogP contribution in [0.15, 0.2) is 65.2 Å². The lowest BCUT2D eigenvalue weighted by molar-refractivity contribution is -0.384. The van der Waals surface area contributed by atoms with Crippen molar-refractivity contribution in [2.75, 3.05) is 0 Å². The highest BCUT2D eigenvalue weighted by molar-refractivity contribution is 8.02. The maximum atomic E-state index is 12.1. The number of amides is 1. The molecule has 0 saturated carbocycles. The Morgan fingerprint density at radius 1 is 1.23 bits per heavy atom. The average molecular weight is 365 g/mol. The second kappa shape index (κ2) is 7.85. The van der Waals surface area contributed by atoms with Crippen LogP contribution in [-0.4, -0.2) is 10.8 Å². The third-order valence-corrected chi connectivity index (χ3v) is 5.15. The van der Waals surface area contributed by atoms with Crippen LogP contribution in [-0.2, 0) is 10.5 Å². The van der Waals surface area contributed by atoms with Crippen molar-refractivity contribution < 1.29 is 9.72 Å². The predicted molar refractivity (Wildman–Crippen MR) is 99.0 cm³/mol. The highest BCUT2D eigenvalue weighted by atomic mass is 32.2. The Hall–Kier alpha value is -3.11. The summed E-state index contributed by atoms with van der Waals surface area (Å²) in [5, 5.41) is 24.0. The van der Waals surface area contributed by atoms with Crippen LogP contribution in [0, 0.1) is 21.4 Å². The number of carbonyl (C=O) groups is 1. The highest BCUT2D eigenvalue weighted by Gasteiger charge is 2.30. The van der Waals surface area contributed by atoms with E-state index in [1.807, 2.05) is 30.3 Å². The molecule has 0 aromatic heterocycles. The first-order valence-corrected chi connectivity index (χ1v) is 8.92. The number of nitro groups is 1. The smallest absolute Gasteiger partial charge is 0.269 e. The van der Waals surface area contributed by atoms with Crippen molar-refractivity contribution in [3.8, 4) is 6.07 Å². The van der Waals surface area contributed by atoms with E-state index in [4.69, 9.17) is 0 Å². The number of carbonyl (C=O) groups excluding carboxylic acids is 1. The van der Waals surface area contributed by atoms with E-state index < -0.39 is 10.8 Å². The number of hydrogen-bond donors (Lipinski definition) is 1. The maximum Gasteiger partial charge on any atom is 0.269 e. The maximum absolute atomic E-state index is 12.1. The van der Waals surface area contributed by atoms with Gasteiger partial charge in [-0.3, -0.25) is 14.9 Å². The van der Waals surface area contributed by atoms with Crippen LogP contribution >= 0.6 is 11.8 Å². The minimum atomic E-state index is -0.480. The normalized spacial score (nSPS) is 16.7. The number of hydrogen-bond acceptors (Lipinski definition) is 5. The van der Waals surface area contributed by atoms with E-state index in [1.54, 1.807) is 12.1 Å². The fourth-order valence-electron chi connectivity index (χ4n) is 2.80. The number of rotatable bonds is 5. The zero-order valence-corrected chi connectivity index (χ0v) is 14.5. The molecule has 1 heterocycles. The first kappa shape index (κ1) is 17.7. The lowest BCUT2D eigenvalue weighted by Crippen LogP contribution is -2.30. The fraction of sp³-hybridized carbons (Fsp3) is 0.158. The minimum Gasteiger partial charge on any atom is -0.320 e. The van der Waals surface area contributed by atoms with Crippen molar-refractivity contribution in [2.45, 2.75) is 18.1 Å². The molecule has 0 fully saturated rings. The highest BCUT2D eigenvalue weighted by Crippen LogP contribution is 2.37. The second-order valence-corrected chi connectivity index (χ2v) is 6.77. The third-order valence-electron chi connectivity index (χ3n) is 4.07. The molecular weight excluding hydrogens is 350 g/mol. The largest absolute Gasteiger partial charge is 0.320 e. The van der Waals surface area contributed by atoms with Crippen molar-refractivity contribution in [3.05, 3.63) is 86.4 Å². The van der Waals surface area contributed by atoms with Crippen LogP contribution in [0.4, 0.5) is 5.69 Å². The van der Waals surface area contributed by atoms with Gasteiger partial charge in [-0.05, 0) is 11.1 Å². The number of nitriles is 1. The number of thioether (sulfide) groups is 1. The summed E-state index contributed by atoms with van der Waals surface area (Å²) in [6.07, 6.45) is 0.0967. The van der Waals surface area contributed by atoms with E-state index in [1.165, 1.54) is 23.9 Å². The second-order valence-electron chi connectivity index (χ2n) is 5.79. The summed E-state index contributed by atoms with van der Waals surface area (Å²) in [5.74, 6) is -0.0634.